The third-order valence-corrected chi connectivity index (χ3v) is 5.20. The molecular weight excluding hydrogens is 356 g/mol. The largest absolute Gasteiger partial charge is 0.355 e. The van der Waals surface area contributed by atoms with Crippen molar-refractivity contribution in [2.24, 2.45) is 11.0 Å². The molecule has 2 atom stereocenters. The van der Waals surface area contributed by atoms with Crippen LogP contribution in [0.25, 0.3) is 0 Å². The number of hydrogen-bond donors (Lipinski definition) is 2. The van der Waals surface area contributed by atoms with Gasteiger partial charge in [0, 0.05) is 18.5 Å². The number of carbonyl (C=O) groups excluding carboxylic acids is 2. The summed E-state index contributed by atoms with van der Waals surface area (Å²) in [7, 11) is 0. The number of hydrazone groups is 1. The van der Waals surface area contributed by atoms with Crippen LogP contribution in [0.3, 0.4) is 0 Å². The second kappa shape index (κ2) is 7.44. The molecule has 1 saturated heterocycles. The van der Waals surface area contributed by atoms with E-state index < -0.39 is 16.7 Å². The van der Waals surface area contributed by atoms with Crippen LogP contribution in [0.5, 0.6) is 0 Å². The van der Waals surface area contributed by atoms with Gasteiger partial charge in [0.15, 0.2) is 0 Å². The van der Waals surface area contributed by atoms with Gasteiger partial charge in [-0.25, -0.2) is 5.43 Å². The van der Waals surface area contributed by atoms with Gasteiger partial charge in [0.1, 0.15) is 5.92 Å². The van der Waals surface area contributed by atoms with Gasteiger partial charge >= 0.3 is 0 Å². The highest BCUT2D eigenvalue weighted by Gasteiger charge is 2.41. The molecule has 1 fully saturated rings. The monoisotopic (exact) mass is 372 g/mol. The molecule has 3 rings (SSSR count). The first-order valence-electron chi connectivity index (χ1n) is 7.87. The van der Waals surface area contributed by atoms with Crippen molar-refractivity contribution in [2.45, 2.75) is 12.8 Å². The molecule has 2 aromatic rings. The Morgan fingerprint density at radius 3 is 2.77 bits per heavy atom. The van der Waals surface area contributed by atoms with Crippen LogP contribution in [0.4, 0.5) is 5.69 Å². The van der Waals surface area contributed by atoms with Crippen LogP contribution in [0.1, 0.15) is 23.3 Å². The molecule has 2 amide bonds. The number of benzene rings is 1. The van der Waals surface area contributed by atoms with Crippen LogP contribution >= 0.6 is 11.3 Å². The third kappa shape index (κ3) is 3.62. The second-order valence-corrected chi connectivity index (χ2v) is 6.75. The van der Waals surface area contributed by atoms with E-state index in [1.807, 2.05) is 30.3 Å². The molecule has 9 heteroatoms. The summed E-state index contributed by atoms with van der Waals surface area (Å²) in [5.41, 5.74) is 3.73. The van der Waals surface area contributed by atoms with Gasteiger partial charge in [-0.1, -0.05) is 30.3 Å². The number of nitrogens with one attached hydrogen (secondary N) is 2. The first-order valence-corrected chi connectivity index (χ1v) is 8.75. The van der Waals surface area contributed by atoms with E-state index in [2.05, 4.69) is 15.8 Å². The maximum Gasteiger partial charge on any atom is 0.280 e. The van der Waals surface area contributed by atoms with Crippen molar-refractivity contribution in [3.05, 3.63) is 62.3 Å². The van der Waals surface area contributed by atoms with Crippen molar-refractivity contribution in [3.63, 3.8) is 0 Å². The van der Waals surface area contributed by atoms with Crippen LogP contribution in [-0.2, 0) is 9.59 Å². The Morgan fingerprint density at radius 1 is 1.38 bits per heavy atom. The summed E-state index contributed by atoms with van der Waals surface area (Å²) in [5, 5.41) is 18.9. The lowest BCUT2D eigenvalue weighted by atomic mass is 9.88. The Bertz CT molecular complexity index is 878. The molecule has 0 saturated carbocycles. The molecule has 8 nitrogen and oxygen atoms in total. The van der Waals surface area contributed by atoms with Crippen molar-refractivity contribution in [2.75, 3.05) is 6.54 Å². The van der Waals surface area contributed by atoms with Crippen molar-refractivity contribution in [3.8, 4) is 0 Å². The van der Waals surface area contributed by atoms with E-state index in [1.165, 1.54) is 11.4 Å². The zero-order valence-corrected chi connectivity index (χ0v) is 14.7. The van der Waals surface area contributed by atoms with E-state index in [4.69, 9.17) is 0 Å². The molecule has 0 aliphatic carbocycles. The van der Waals surface area contributed by atoms with Crippen molar-refractivity contribution in [1.82, 2.24) is 10.7 Å². The van der Waals surface area contributed by atoms with E-state index in [9.17, 15) is 19.7 Å². The molecule has 1 aliphatic rings. The number of carbonyl (C=O) groups is 2. The van der Waals surface area contributed by atoms with Gasteiger partial charge in [0.05, 0.1) is 20.9 Å². The molecule has 1 aromatic carbocycles. The number of thiophene rings is 1. The number of nitro groups is 1. The summed E-state index contributed by atoms with van der Waals surface area (Å²) in [6, 6.07) is 10.7. The third-order valence-electron chi connectivity index (χ3n) is 4.18. The molecule has 1 aromatic heterocycles. The molecular formula is C17H16N4O4S. The van der Waals surface area contributed by atoms with Gasteiger partial charge in [0.2, 0.25) is 5.91 Å². The van der Waals surface area contributed by atoms with Crippen LogP contribution in [0.2, 0.25) is 0 Å². The van der Waals surface area contributed by atoms with Crippen molar-refractivity contribution in [1.29, 1.82) is 0 Å². The zero-order chi connectivity index (χ0) is 18.7. The Balaban J connectivity index is 1.73. The molecule has 26 heavy (non-hydrogen) atoms. The highest BCUT2D eigenvalue weighted by atomic mass is 32.1. The summed E-state index contributed by atoms with van der Waals surface area (Å²) in [6.07, 6.45) is 0. The van der Waals surface area contributed by atoms with Crippen LogP contribution < -0.4 is 10.7 Å². The predicted molar refractivity (Wildman–Crippen MR) is 97.0 cm³/mol. The molecule has 2 heterocycles. The predicted octanol–water partition coefficient (Wildman–Crippen LogP) is 2.03. The van der Waals surface area contributed by atoms with Gasteiger partial charge in [-0.15, -0.1) is 11.3 Å². The average molecular weight is 372 g/mol. The lowest BCUT2D eigenvalue weighted by Gasteiger charge is -2.15. The fraction of sp³-hybridized carbons (Fsp3) is 0.235. The van der Waals surface area contributed by atoms with Gasteiger partial charge < -0.3 is 5.32 Å². The highest BCUT2D eigenvalue weighted by Crippen LogP contribution is 2.29. The van der Waals surface area contributed by atoms with E-state index in [0.717, 1.165) is 16.9 Å². The van der Waals surface area contributed by atoms with E-state index in [1.54, 1.807) is 6.92 Å². The summed E-state index contributed by atoms with van der Waals surface area (Å²) in [6.45, 7) is 2.03. The second-order valence-electron chi connectivity index (χ2n) is 5.84. The Labute approximate surface area is 153 Å². The summed E-state index contributed by atoms with van der Waals surface area (Å²) in [5.74, 6) is -1.97. The molecule has 0 spiro atoms. The van der Waals surface area contributed by atoms with Crippen LogP contribution in [-0.4, -0.2) is 29.0 Å². The number of rotatable bonds is 5. The minimum Gasteiger partial charge on any atom is -0.355 e. The smallest absolute Gasteiger partial charge is 0.280 e. The standard InChI is InChI=1S/C17H16N4O4S/c1-10(14-7-12(9-26-14)21(24)25)19-20-17(23)15-13(8-18-16(15)22)11-5-3-2-4-6-11/h2-7,9,13,15H,8H2,1H3,(H,18,22)(H,20,23). The van der Waals surface area contributed by atoms with E-state index >= 15 is 0 Å². The van der Waals surface area contributed by atoms with Gasteiger partial charge in [-0.2, -0.15) is 5.10 Å². The fourth-order valence-corrected chi connectivity index (χ4v) is 3.62. The first-order chi connectivity index (χ1) is 12.5. The molecule has 2 N–H and O–H groups in total. The quantitative estimate of drug-likeness (QED) is 0.362. The van der Waals surface area contributed by atoms with E-state index in [0.29, 0.717) is 17.1 Å². The maximum atomic E-state index is 12.5. The lowest BCUT2D eigenvalue weighted by Crippen LogP contribution is -2.35. The number of hydrogen-bond acceptors (Lipinski definition) is 6. The van der Waals surface area contributed by atoms with Gasteiger partial charge in [-0.05, 0) is 12.5 Å². The average Bonchev–Trinajstić information content (AvgIpc) is 3.27. The summed E-state index contributed by atoms with van der Waals surface area (Å²) < 4.78 is 0. The van der Waals surface area contributed by atoms with Crippen LogP contribution in [0, 0.1) is 16.0 Å². The summed E-state index contributed by atoms with van der Waals surface area (Å²) >= 11 is 1.16. The minimum atomic E-state index is -0.869. The van der Waals surface area contributed by atoms with Crippen LogP contribution in [0.15, 0.2) is 46.9 Å². The Morgan fingerprint density at radius 2 is 2.12 bits per heavy atom. The van der Waals surface area contributed by atoms with Gasteiger partial charge in [-0.3, -0.25) is 19.7 Å². The topological polar surface area (TPSA) is 114 Å². The molecule has 134 valence electrons. The van der Waals surface area contributed by atoms with Crippen molar-refractivity contribution >= 4 is 34.6 Å². The Kier molecular flexibility index (Phi) is 5.08. The number of amides is 2. The molecule has 0 bridgehead atoms. The fourth-order valence-electron chi connectivity index (χ4n) is 2.81. The van der Waals surface area contributed by atoms with E-state index in [-0.39, 0.29) is 17.5 Å². The van der Waals surface area contributed by atoms with Crippen molar-refractivity contribution < 1.29 is 14.5 Å². The Hall–Kier alpha value is -3.07. The normalized spacial score (nSPS) is 19.9. The molecule has 0 radical (unpaired) electrons. The summed E-state index contributed by atoms with van der Waals surface area (Å²) in [4.78, 5) is 35.4. The maximum absolute atomic E-state index is 12.5. The zero-order valence-electron chi connectivity index (χ0n) is 13.8. The number of nitrogens with zero attached hydrogens (tertiary/aromatic N) is 2. The molecule has 2 unspecified atom stereocenters. The molecule has 1 aliphatic heterocycles. The lowest BCUT2D eigenvalue weighted by molar-refractivity contribution is -0.384. The highest BCUT2D eigenvalue weighted by molar-refractivity contribution is 7.12. The minimum absolute atomic E-state index is 0.0230. The first kappa shape index (κ1) is 17.7. The van der Waals surface area contributed by atoms with Gasteiger partial charge in [0.25, 0.3) is 11.6 Å². The SMILES string of the molecule is CC(=NNC(=O)C1C(=O)NCC1c1ccccc1)c1cc([N+](=O)[O-])cs1.